The summed E-state index contributed by atoms with van der Waals surface area (Å²) in [5.74, 6) is -6.30. The maximum atomic E-state index is 15.1. The van der Waals surface area contributed by atoms with E-state index in [1.165, 1.54) is 11.0 Å². The van der Waals surface area contributed by atoms with E-state index < -0.39 is 87.1 Å². The van der Waals surface area contributed by atoms with Gasteiger partial charge in [-0.25, -0.2) is 22.0 Å². The number of aryl methyl sites for hydroxylation is 1. The fourth-order valence-corrected chi connectivity index (χ4v) is 8.84. The zero-order chi connectivity index (χ0) is 36.0. The van der Waals surface area contributed by atoms with Crippen LogP contribution in [-0.4, -0.2) is 90.0 Å². The molecule has 3 N–H and O–H groups in total. The van der Waals surface area contributed by atoms with Crippen LogP contribution in [-0.2, 0) is 48.7 Å². The van der Waals surface area contributed by atoms with Crippen LogP contribution in [0.2, 0.25) is 0 Å². The minimum atomic E-state index is -3.92. The molecule has 3 heterocycles. The first-order valence-corrected chi connectivity index (χ1v) is 19.2. The Bertz CT molecular complexity index is 1650. The lowest BCUT2D eigenvalue weighted by Gasteiger charge is -2.32. The van der Waals surface area contributed by atoms with Gasteiger partial charge in [0.25, 0.3) is 11.8 Å². The maximum Gasteiger partial charge on any atom is 0.410 e. The first-order chi connectivity index (χ1) is 23.6. The van der Waals surface area contributed by atoms with E-state index in [2.05, 4.69) is 21.9 Å². The normalized spacial score (nSPS) is 30.2. The van der Waals surface area contributed by atoms with Crippen molar-refractivity contribution >= 4 is 33.8 Å². The van der Waals surface area contributed by atoms with Crippen LogP contribution in [0, 0.1) is 11.8 Å². The molecular weight excluding hydrogens is 672 g/mol. The third-order valence-corrected chi connectivity index (χ3v) is 12.5. The number of nitrogens with zero attached hydrogens (tertiary/aromatic N) is 2. The Morgan fingerprint density at radius 2 is 1.86 bits per heavy atom. The van der Waals surface area contributed by atoms with E-state index in [4.69, 9.17) is 4.74 Å². The summed E-state index contributed by atoms with van der Waals surface area (Å²) in [7, 11) is -3.92. The van der Waals surface area contributed by atoms with Crippen molar-refractivity contribution in [2.75, 3.05) is 13.1 Å². The predicted octanol–water partition coefficient (Wildman–Crippen LogP) is 3.14. The van der Waals surface area contributed by atoms with Gasteiger partial charge in [-0.1, -0.05) is 44.5 Å². The average molecular weight is 720 g/mol. The molecule has 4 amide bonds. The Morgan fingerprint density at radius 3 is 2.54 bits per heavy atom. The summed E-state index contributed by atoms with van der Waals surface area (Å²) in [6.07, 6.45) is 2.83. The fraction of sp³-hybridized carbons (Fsp3) is 0.657. The van der Waals surface area contributed by atoms with E-state index in [0.717, 1.165) is 23.1 Å². The summed E-state index contributed by atoms with van der Waals surface area (Å²) in [6, 6.07) is 3.56. The topological polar surface area (TPSA) is 154 Å². The zero-order valence-corrected chi connectivity index (χ0v) is 29.4. The number of sulfonamides is 1. The second-order valence-corrected chi connectivity index (χ2v) is 16.8. The van der Waals surface area contributed by atoms with Gasteiger partial charge in [-0.2, -0.15) is 0 Å². The molecule has 0 radical (unpaired) electrons. The van der Waals surface area contributed by atoms with E-state index in [-0.39, 0.29) is 25.8 Å². The van der Waals surface area contributed by atoms with Crippen molar-refractivity contribution < 1.29 is 41.1 Å². The van der Waals surface area contributed by atoms with E-state index in [0.29, 0.717) is 45.2 Å². The van der Waals surface area contributed by atoms with Crippen molar-refractivity contribution in [1.29, 1.82) is 0 Å². The minimum absolute atomic E-state index is 0.104. The highest BCUT2D eigenvalue weighted by Gasteiger charge is 2.62. The van der Waals surface area contributed by atoms with E-state index in [1.54, 1.807) is 18.7 Å². The highest BCUT2D eigenvalue weighted by atomic mass is 32.2. The molecule has 1 aromatic carbocycles. The van der Waals surface area contributed by atoms with E-state index >= 15 is 8.78 Å². The van der Waals surface area contributed by atoms with Gasteiger partial charge in [-0.15, -0.1) is 6.58 Å². The lowest BCUT2D eigenvalue weighted by molar-refractivity contribution is -0.142. The molecule has 274 valence electrons. The Morgan fingerprint density at radius 1 is 1.12 bits per heavy atom. The van der Waals surface area contributed by atoms with Crippen LogP contribution in [0.1, 0.15) is 81.9 Å². The van der Waals surface area contributed by atoms with Gasteiger partial charge in [-0.05, 0) is 61.1 Å². The van der Waals surface area contributed by atoms with Gasteiger partial charge in [0.05, 0.1) is 24.4 Å². The number of ether oxygens (including phenoxy) is 1. The molecule has 15 heteroatoms. The van der Waals surface area contributed by atoms with Crippen molar-refractivity contribution in [1.82, 2.24) is 25.2 Å². The van der Waals surface area contributed by atoms with Crippen molar-refractivity contribution in [2.45, 2.75) is 120 Å². The summed E-state index contributed by atoms with van der Waals surface area (Å²) in [5, 5.41) is 4.80. The monoisotopic (exact) mass is 719 g/mol. The summed E-state index contributed by atoms with van der Waals surface area (Å²) in [4.78, 5) is 57.8. The lowest BCUT2D eigenvalue weighted by Crippen LogP contribution is -2.59. The summed E-state index contributed by atoms with van der Waals surface area (Å²) >= 11 is 0. The number of benzene rings is 1. The molecule has 2 saturated carbocycles. The smallest absolute Gasteiger partial charge is 0.410 e. The minimum Gasteiger partial charge on any atom is -0.444 e. The van der Waals surface area contributed by atoms with Crippen LogP contribution < -0.4 is 15.4 Å². The first kappa shape index (κ1) is 36.2. The van der Waals surface area contributed by atoms with Gasteiger partial charge in [0.1, 0.15) is 17.7 Å². The number of hydrogen-bond acceptors (Lipinski definition) is 8. The molecule has 12 nitrogen and oxygen atoms in total. The molecule has 0 unspecified atom stereocenters. The molecule has 5 aliphatic rings. The highest BCUT2D eigenvalue weighted by molar-refractivity contribution is 7.91. The number of halogens is 2. The SMILES string of the molecule is C=C[C@H]1C[C@]1(NC(=O)[C@@H]1C[C@@H]2CN1C(=O)[C@H](C(C)C)NCC(F)(F)CCCCCc1cccc3c1CN(C3)C(=O)O2)C(=O)NS(=O)(=O)C1CC1. The standard InChI is InChI=1S/C35H47F2N5O7S/c1-4-24-16-35(24,32(45)40-50(47,48)26-12-13-26)39-30(43)28-15-25-18-42(28)31(44)29(21(2)3)38-20-34(36,37)14-7-5-6-9-22-10-8-11-23-17-41(19-27(22)23)33(46)49-25/h4,8,10-11,21,24-26,28-29,38H,1,5-7,9,12-20H2,2-3H3,(H,39,43)(H,40,45)/t24-,25+,28-,29-,35+/m0/s1. The molecule has 1 aromatic rings. The molecule has 0 spiro atoms. The van der Waals surface area contributed by atoms with Crippen LogP contribution in [0.25, 0.3) is 0 Å². The number of nitrogens with one attached hydrogen (secondary N) is 3. The Labute approximate surface area is 291 Å². The molecule has 6 rings (SSSR count). The maximum absolute atomic E-state index is 15.1. The van der Waals surface area contributed by atoms with E-state index in [1.807, 2.05) is 18.2 Å². The zero-order valence-electron chi connectivity index (χ0n) is 28.6. The second-order valence-electron chi connectivity index (χ2n) is 14.9. The molecule has 0 aromatic heterocycles. The molecule has 1 saturated heterocycles. The number of amides is 4. The predicted molar refractivity (Wildman–Crippen MR) is 179 cm³/mol. The summed E-state index contributed by atoms with van der Waals surface area (Å²) in [5.41, 5.74) is 1.48. The third kappa shape index (κ3) is 7.53. The number of hydrogen-bond donors (Lipinski definition) is 3. The number of fused-ring (bicyclic) bond motifs is 3. The van der Waals surface area contributed by atoms with Crippen molar-refractivity contribution in [2.24, 2.45) is 11.8 Å². The fourth-order valence-electron chi connectivity index (χ4n) is 7.48. The molecule has 3 fully saturated rings. The number of carbonyl (C=O) groups is 4. The van der Waals surface area contributed by atoms with Crippen molar-refractivity contribution in [3.05, 3.63) is 47.5 Å². The van der Waals surface area contributed by atoms with Crippen LogP contribution in [0.5, 0.6) is 0 Å². The third-order valence-electron chi connectivity index (χ3n) is 10.7. The molecular formula is C35H47F2N5O7S. The Hall–Kier alpha value is -3.59. The number of alkyl halides is 2. The first-order valence-electron chi connectivity index (χ1n) is 17.6. The molecule has 4 bridgehead atoms. The average Bonchev–Trinajstić information content (AvgIpc) is 3.94. The molecule has 3 aliphatic heterocycles. The summed E-state index contributed by atoms with van der Waals surface area (Å²) < 4.78 is 63.4. The molecule has 5 atom stereocenters. The van der Waals surface area contributed by atoms with Gasteiger partial charge in [0.15, 0.2) is 0 Å². The van der Waals surface area contributed by atoms with Crippen LogP contribution in [0.4, 0.5) is 13.6 Å². The number of carbonyl (C=O) groups excluding carboxylic acids is 4. The lowest BCUT2D eigenvalue weighted by atomic mass is 9.97. The largest absolute Gasteiger partial charge is 0.444 e. The molecule has 2 aliphatic carbocycles. The van der Waals surface area contributed by atoms with Gasteiger partial charge >= 0.3 is 6.09 Å². The van der Waals surface area contributed by atoms with Crippen molar-refractivity contribution in [3.63, 3.8) is 0 Å². The van der Waals surface area contributed by atoms with E-state index in [9.17, 15) is 27.6 Å². The summed E-state index contributed by atoms with van der Waals surface area (Å²) in [6.45, 7) is 6.90. The van der Waals surface area contributed by atoms with Crippen LogP contribution in [0.15, 0.2) is 30.9 Å². The van der Waals surface area contributed by atoms with Crippen LogP contribution in [0.3, 0.4) is 0 Å². The van der Waals surface area contributed by atoms with Crippen LogP contribution >= 0.6 is 0 Å². The van der Waals surface area contributed by atoms with Gasteiger partial charge in [0, 0.05) is 31.8 Å². The van der Waals surface area contributed by atoms with Gasteiger partial charge < -0.3 is 15.0 Å². The van der Waals surface area contributed by atoms with Crippen molar-refractivity contribution in [3.8, 4) is 0 Å². The molecule has 50 heavy (non-hydrogen) atoms. The highest BCUT2D eigenvalue weighted by Crippen LogP contribution is 2.45. The van der Waals surface area contributed by atoms with Gasteiger partial charge in [-0.3, -0.25) is 29.3 Å². The Kier molecular flexibility index (Phi) is 10.0. The second kappa shape index (κ2) is 13.9. The van der Waals surface area contributed by atoms with Gasteiger partial charge in [0.2, 0.25) is 21.8 Å². The quantitative estimate of drug-likeness (QED) is 0.364. The number of rotatable bonds is 7. The Balaban J connectivity index is 1.26.